The Balaban J connectivity index is 2.63. The number of benzene rings is 1. The van der Waals surface area contributed by atoms with Crippen LogP contribution in [0.25, 0.3) is 0 Å². The van der Waals surface area contributed by atoms with Crippen molar-refractivity contribution in [2.45, 2.75) is 13.8 Å². The van der Waals surface area contributed by atoms with Crippen LogP contribution in [0, 0.1) is 11.7 Å². The van der Waals surface area contributed by atoms with E-state index in [-0.39, 0.29) is 11.3 Å². The van der Waals surface area contributed by atoms with Gasteiger partial charge in [-0.05, 0) is 23.8 Å². The Morgan fingerprint density at radius 1 is 1.47 bits per heavy atom. The van der Waals surface area contributed by atoms with Gasteiger partial charge in [-0.1, -0.05) is 13.8 Å². The van der Waals surface area contributed by atoms with Crippen molar-refractivity contribution in [2.24, 2.45) is 5.92 Å². The van der Waals surface area contributed by atoms with E-state index in [1.165, 1.54) is 31.0 Å². The van der Waals surface area contributed by atoms with Crippen molar-refractivity contribution in [1.29, 1.82) is 0 Å². The number of ketones is 1. The van der Waals surface area contributed by atoms with Crippen LogP contribution in [-0.2, 0) is 0 Å². The predicted octanol–water partition coefficient (Wildman–Crippen LogP) is 3.41. The van der Waals surface area contributed by atoms with Crippen molar-refractivity contribution in [3.05, 3.63) is 29.6 Å². The molecule has 0 saturated heterocycles. The number of rotatable bonds is 6. The fourth-order valence-corrected chi connectivity index (χ4v) is 2.24. The molecule has 0 unspecified atom stereocenters. The van der Waals surface area contributed by atoms with Gasteiger partial charge in [0.25, 0.3) is 0 Å². The van der Waals surface area contributed by atoms with E-state index >= 15 is 0 Å². The number of carbonyl (C=O) groups excluding carboxylic acids is 1. The van der Waals surface area contributed by atoms with Gasteiger partial charge in [0.15, 0.2) is 5.78 Å². The molecule has 1 aromatic rings. The normalized spacial score (nSPS) is 10.6. The molecule has 0 aliphatic carbocycles. The Labute approximate surface area is 106 Å². The van der Waals surface area contributed by atoms with Crippen molar-refractivity contribution in [3.63, 3.8) is 0 Å². The van der Waals surface area contributed by atoms with Gasteiger partial charge in [-0.2, -0.15) is 11.8 Å². The molecule has 0 fully saturated rings. The van der Waals surface area contributed by atoms with Crippen molar-refractivity contribution < 1.29 is 13.9 Å². The Morgan fingerprint density at radius 3 is 2.71 bits per heavy atom. The first kappa shape index (κ1) is 14.0. The van der Waals surface area contributed by atoms with E-state index in [0.29, 0.717) is 17.4 Å². The van der Waals surface area contributed by atoms with Crippen molar-refractivity contribution in [1.82, 2.24) is 0 Å². The lowest BCUT2D eigenvalue weighted by molar-refractivity contribution is 0.101. The van der Waals surface area contributed by atoms with Crippen molar-refractivity contribution in [2.75, 3.05) is 18.6 Å². The van der Waals surface area contributed by atoms with Gasteiger partial charge in [0, 0.05) is 6.07 Å². The van der Waals surface area contributed by atoms with E-state index < -0.39 is 5.82 Å². The quantitative estimate of drug-likeness (QED) is 0.730. The molecular weight excluding hydrogens is 239 g/mol. The Morgan fingerprint density at radius 2 is 2.18 bits per heavy atom. The molecule has 1 aromatic carbocycles. The van der Waals surface area contributed by atoms with Crippen LogP contribution in [0.3, 0.4) is 0 Å². The summed E-state index contributed by atoms with van der Waals surface area (Å²) in [5.41, 5.74) is 0.141. The zero-order valence-electron chi connectivity index (χ0n) is 10.3. The topological polar surface area (TPSA) is 26.3 Å². The molecule has 0 bridgehead atoms. The third-order valence-electron chi connectivity index (χ3n) is 2.16. The van der Waals surface area contributed by atoms with Crippen LogP contribution in [0.15, 0.2) is 18.2 Å². The highest BCUT2D eigenvalue weighted by Crippen LogP contribution is 2.18. The fraction of sp³-hybridized carbons (Fsp3) is 0.462. The van der Waals surface area contributed by atoms with Crippen LogP contribution in [0.4, 0.5) is 4.39 Å². The van der Waals surface area contributed by atoms with Gasteiger partial charge in [0.1, 0.15) is 11.6 Å². The van der Waals surface area contributed by atoms with Crippen molar-refractivity contribution in [3.8, 4) is 5.75 Å². The van der Waals surface area contributed by atoms with Crippen LogP contribution in [0.1, 0.15) is 24.2 Å². The van der Waals surface area contributed by atoms with Gasteiger partial charge in [0.05, 0.1) is 18.4 Å². The van der Waals surface area contributed by atoms with Gasteiger partial charge in [-0.3, -0.25) is 4.79 Å². The SMILES string of the molecule is COc1ccc(C(=O)CSCC(C)C)c(F)c1. The van der Waals surface area contributed by atoms with Crippen LogP contribution in [0.5, 0.6) is 5.75 Å². The molecule has 0 atom stereocenters. The maximum atomic E-state index is 13.6. The highest BCUT2D eigenvalue weighted by Gasteiger charge is 2.12. The average molecular weight is 256 g/mol. The molecule has 0 aliphatic heterocycles. The second kappa shape index (κ2) is 6.64. The molecule has 0 radical (unpaired) electrons. The second-order valence-electron chi connectivity index (χ2n) is 4.18. The Kier molecular flexibility index (Phi) is 5.48. The number of Topliss-reactive ketones (excluding diaryl/α,β-unsaturated/α-hetero) is 1. The zero-order chi connectivity index (χ0) is 12.8. The summed E-state index contributed by atoms with van der Waals surface area (Å²) in [6, 6.07) is 4.32. The summed E-state index contributed by atoms with van der Waals surface area (Å²) in [7, 11) is 1.47. The lowest BCUT2D eigenvalue weighted by Gasteiger charge is -2.06. The number of hydrogen-bond donors (Lipinski definition) is 0. The second-order valence-corrected chi connectivity index (χ2v) is 5.21. The molecule has 0 aliphatic rings. The highest BCUT2D eigenvalue weighted by molar-refractivity contribution is 7.99. The van der Waals surface area contributed by atoms with E-state index in [9.17, 15) is 9.18 Å². The number of ether oxygens (including phenoxy) is 1. The molecule has 2 nitrogen and oxygen atoms in total. The molecule has 1 rings (SSSR count). The molecule has 0 saturated carbocycles. The maximum Gasteiger partial charge on any atom is 0.175 e. The molecule has 0 spiro atoms. The first-order chi connectivity index (χ1) is 8.04. The standard InChI is InChI=1S/C13H17FO2S/c1-9(2)7-17-8-13(15)11-5-4-10(16-3)6-12(11)14/h4-6,9H,7-8H2,1-3H3. The van der Waals surface area contributed by atoms with E-state index in [4.69, 9.17) is 4.74 Å². The summed E-state index contributed by atoms with van der Waals surface area (Å²) in [5, 5.41) is 0. The minimum atomic E-state index is -0.514. The van der Waals surface area contributed by atoms with Crippen LogP contribution in [-0.4, -0.2) is 24.4 Å². The summed E-state index contributed by atoms with van der Waals surface area (Å²) in [5.74, 6) is 1.50. The van der Waals surface area contributed by atoms with E-state index in [0.717, 1.165) is 5.75 Å². The number of methoxy groups -OCH3 is 1. The molecular formula is C13H17FO2S. The molecule has 0 amide bonds. The number of thioether (sulfide) groups is 1. The zero-order valence-corrected chi connectivity index (χ0v) is 11.1. The molecule has 4 heteroatoms. The van der Waals surface area contributed by atoms with E-state index in [2.05, 4.69) is 13.8 Å². The van der Waals surface area contributed by atoms with Gasteiger partial charge < -0.3 is 4.74 Å². The first-order valence-corrected chi connectivity index (χ1v) is 6.64. The van der Waals surface area contributed by atoms with Crippen LogP contribution < -0.4 is 4.74 Å². The summed E-state index contributed by atoms with van der Waals surface area (Å²) in [6.45, 7) is 4.18. The van der Waals surface area contributed by atoms with Crippen LogP contribution in [0.2, 0.25) is 0 Å². The lowest BCUT2D eigenvalue weighted by atomic mass is 10.1. The maximum absolute atomic E-state index is 13.6. The summed E-state index contributed by atoms with van der Waals surface area (Å²) >= 11 is 1.54. The van der Waals surface area contributed by atoms with Gasteiger partial charge in [-0.15, -0.1) is 0 Å². The summed E-state index contributed by atoms with van der Waals surface area (Å²) in [4.78, 5) is 11.7. The predicted molar refractivity (Wildman–Crippen MR) is 69.4 cm³/mol. The van der Waals surface area contributed by atoms with E-state index in [1.807, 2.05) is 0 Å². The summed E-state index contributed by atoms with van der Waals surface area (Å²) in [6.07, 6.45) is 0. The van der Waals surface area contributed by atoms with Crippen LogP contribution >= 0.6 is 11.8 Å². The largest absolute Gasteiger partial charge is 0.497 e. The van der Waals surface area contributed by atoms with Gasteiger partial charge >= 0.3 is 0 Å². The molecule has 0 N–H and O–H groups in total. The minimum absolute atomic E-state index is 0.141. The Hall–Kier alpha value is -1.03. The van der Waals surface area contributed by atoms with Crippen molar-refractivity contribution >= 4 is 17.5 Å². The third kappa shape index (κ3) is 4.38. The monoisotopic (exact) mass is 256 g/mol. The fourth-order valence-electron chi connectivity index (χ4n) is 1.31. The minimum Gasteiger partial charge on any atom is -0.497 e. The Bertz CT molecular complexity index is 391. The first-order valence-electron chi connectivity index (χ1n) is 5.49. The van der Waals surface area contributed by atoms with Gasteiger partial charge in [-0.25, -0.2) is 4.39 Å². The molecule has 0 aromatic heterocycles. The molecule has 17 heavy (non-hydrogen) atoms. The molecule has 0 heterocycles. The summed E-state index contributed by atoms with van der Waals surface area (Å²) < 4.78 is 18.4. The number of halogens is 1. The number of hydrogen-bond acceptors (Lipinski definition) is 3. The van der Waals surface area contributed by atoms with Gasteiger partial charge in [0.2, 0.25) is 0 Å². The third-order valence-corrected chi connectivity index (χ3v) is 3.53. The lowest BCUT2D eigenvalue weighted by Crippen LogP contribution is -2.07. The van der Waals surface area contributed by atoms with E-state index in [1.54, 1.807) is 6.07 Å². The smallest absolute Gasteiger partial charge is 0.175 e. The number of carbonyl (C=O) groups is 1. The highest BCUT2D eigenvalue weighted by atomic mass is 32.2. The average Bonchev–Trinajstić information content (AvgIpc) is 2.28. The molecule has 94 valence electrons.